The average molecular weight is 494 g/mol. The van der Waals surface area contributed by atoms with Crippen LogP contribution in [0.25, 0.3) is 11.0 Å². The van der Waals surface area contributed by atoms with Crippen molar-refractivity contribution in [1.82, 2.24) is 9.97 Å². The van der Waals surface area contributed by atoms with Crippen molar-refractivity contribution >= 4 is 55.6 Å². The molecule has 0 saturated carbocycles. The van der Waals surface area contributed by atoms with Gasteiger partial charge in [-0.15, -0.1) is 11.3 Å². The van der Waals surface area contributed by atoms with Gasteiger partial charge in [-0.1, -0.05) is 18.2 Å². The third kappa shape index (κ3) is 4.46. The molecule has 5 rings (SSSR count). The van der Waals surface area contributed by atoms with E-state index in [1.54, 1.807) is 23.5 Å². The predicted octanol–water partition coefficient (Wildman–Crippen LogP) is 4.79. The number of nitrogens with zero attached hydrogens (tertiary/aromatic N) is 3. The Kier molecular flexibility index (Phi) is 5.93. The number of thiophene rings is 1. The van der Waals surface area contributed by atoms with Crippen LogP contribution in [-0.4, -0.2) is 30.8 Å². The van der Waals surface area contributed by atoms with Gasteiger partial charge in [0.2, 0.25) is 5.91 Å². The Labute approximate surface area is 201 Å². The quantitative estimate of drug-likeness (QED) is 0.400. The Morgan fingerprint density at radius 1 is 1.03 bits per heavy atom. The fraction of sp³-hybridized carbons (Fsp3) is 0.208. The Morgan fingerprint density at radius 3 is 2.44 bits per heavy atom. The molecule has 2 N–H and O–H groups in total. The normalized spacial score (nSPS) is 16.0. The van der Waals surface area contributed by atoms with Crippen LogP contribution in [0.3, 0.4) is 0 Å². The molecule has 0 aliphatic carbocycles. The van der Waals surface area contributed by atoms with Gasteiger partial charge in [0.25, 0.3) is 10.0 Å². The van der Waals surface area contributed by atoms with Crippen molar-refractivity contribution in [3.8, 4) is 0 Å². The number of para-hydroxylation sites is 2. The van der Waals surface area contributed by atoms with Crippen molar-refractivity contribution in [2.24, 2.45) is 0 Å². The van der Waals surface area contributed by atoms with Gasteiger partial charge in [-0.3, -0.25) is 9.52 Å². The van der Waals surface area contributed by atoms with E-state index in [1.165, 1.54) is 23.9 Å². The number of hydrogen-bond donors (Lipinski definition) is 2. The fourth-order valence-corrected chi connectivity index (χ4v) is 6.04. The van der Waals surface area contributed by atoms with Gasteiger partial charge in [0.1, 0.15) is 0 Å². The number of benzene rings is 2. The number of rotatable bonds is 6. The summed E-state index contributed by atoms with van der Waals surface area (Å²) in [5.41, 5.74) is 1.84. The molecular weight excluding hydrogens is 470 g/mol. The van der Waals surface area contributed by atoms with Gasteiger partial charge >= 0.3 is 0 Å². The zero-order chi connectivity index (χ0) is 23.7. The monoisotopic (exact) mass is 493 g/mol. The highest BCUT2D eigenvalue weighted by Crippen LogP contribution is 2.40. The first-order valence-corrected chi connectivity index (χ1v) is 13.2. The van der Waals surface area contributed by atoms with Crippen LogP contribution < -0.4 is 14.9 Å². The molecule has 10 heteroatoms. The zero-order valence-electron chi connectivity index (χ0n) is 18.4. The van der Waals surface area contributed by atoms with Crippen molar-refractivity contribution in [3.63, 3.8) is 0 Å². The minimum absolute atomic E-state index is 0.0683. The van der Waals surface area contributed by atoms with Gasteiger partial charge in [0, 0.05) is 24.0 Å². The molecule has 1 atom stereocenters. The van der Waals surface area contributed by atoms with Crippen LogP contribution in [0, 0.1) is 0 Å². The number of anilines is 3. The molecule has 1 aliphatic heterocycles. The summed E-state index contributed by atoms with van der Waals surface area (Å²) >= 11 is 1.69. The smallest absolute Gasteiger partial charge is 0.263 e. The molecule has 1 unspecified atom stereocenters. The van der Waals surface area contributed by atoms with E-state index < -0.39 is 10.0 Å². The zero-order valence-corrected chi connectivity index (χ0v) is 20.1. The molecule has 34 heavy (non-hydrogen) atoms. The van der Waals surface area contributed by atoms with Gasteiger partial charge < -0.3 is 10.2 Å². The standard InChI is InChI=1S/C24H23N5O3S2/c1-16(30)25-17-10-12-18(13-11-17)34(31,32)28-23-24(27-20-7-3-2-6-19(20)26-23)29-14-4-8-21(29)22-9-5-15-33-22/h2-3,5-7,9-13,15,21H,4,8,14H2,1H3,(H,25,30)(H,26,28). The first-order chi connectivity index (χ1) is 16.4. The number of carbonyl (C=O) groups is 1. The molecule has 174 valence electrons. The number of fused-ring (bicyclic) bond motifs is 1. The summed E-state index contributed by atoms with van der Waals surface area (Å²) in [5, 5.41) is 4.68. The van der Waals surface area contributed by atoms with E-state index in [4.69, 9.17) is 4.98 Å². The van der Waals surface area contributed by atoms with Crippen molar-refractivity contribution in [3.05, 3.63) is 70.9 Å². The molecule has 3 heterocycles. The first kappa shape index (κ1) is 22.3. The SMILES string of the molecule is CC(=O)Nc1ccc(S(=O)(=O)Nc2nc3ccccc3nc2N2CCCC2c2cccs2)cc1. The lowest BCUT2D eigenvalue weighted by Gasteiger charge is -2.27. The minimum atomic E-state index is -3.94. The summed E-state index contributed by atoms with van der Waals surface area (Å²) in [6, 6.07) is 17.7. The summed E-state index contributed by atoms with van der Waals surface area (Å²) in [6.07, 6.45) is 1.94. The van der Waals surface area contributed by atoms with Crippen LogP contribution >= 0.6 is 11.3 Å². The van der Waals surface area contributed by atoms with E-state index in [0.717, 1.165) is 19.4 Å². The Balaban J connectivity index is 1.54. The molecule has 1 saturated heterocycles. The largest absolute Gasteiger partial charge is 0.346 e. The number of hydrogen-bond acceptors (Lipinski definition) is 7. The number of carbonyl (C=O) groups excluding carboxylic acids is 1. The lowest BCUT2D eigenvalue weighted by atomic mass is 10.2. The van der Waals surface area contributed by atoms with E-state index >= 15 is 0 Å². The van der Waals surface area contributed by atoms with Gasteiger partial charge in [-0.2, -0.15) is 0 Å². The van der Waals surface area contributed by atoms with E-state index in [-0.39, 0.29) is 22.7 Å². The maximum atomic E-state index is 13.3. The molecule has 0 bridgehead atoms. The van der Waals surface area contributed by atoms with Crippen LogP contribution in [0.2, 0.25) is 0 Å². The molecule has 2 aromatic heterocycles. The van der Waals surface area contributed by atoms with E-state index in [9.17, 15) is 13.2 Å². The van der Waals surface area contributed by atoms with Crippen LogP contribution in [0.5, 0.6) is 0 Å². The summed E-state index contributed by atoms with van der Waals surface area (Å²) in [7, 11) is -3.94. The lowest BCUT2D eigenvalue weighted by Crippen LogP contribution is -2.26. The lowest BCUT2D eigenvalue weighted by molar-refractivity contribution is -0.114. The van der Waals surface area contributed by atoms with E-state index in [2.05, 4.69) is 26.0 Å². The van der Waals surface area contributed by atoms with Gasteiger partial charge in [-0.05, 0) is 60.7 Å². The second-order valence-corrected chi connectivity index (χ2v) is 10.7. The molecule has 1 amide bonds. The van der Waals surface area contributed by atoms with Crippen molar-refractivity contribution in [2.45, 2.75) is 30.7 Å². The van der Waals surface area contributed by atoms with Crippen LogP contribution in [0.15, 0.2) is 70.9 Å². The first-order valence-electron chi connectivity index (χ1n) is 10.9. The summed E-state index contributed by atoms with van der Waals surface area (Å²) < 4.78 is 29.2. The fourth-order valence-electron chi connectivity index (χ4n) is 4.16. The predicted molar refractivity (Wildman–Crippen MR) is 135 cm³/mol. The maximum absolute atomic E-state index is 13.3. The molecule has 1 fully saturated rings. The number of aromatic nitrogens is 2. The molecule has 8 nitrogen and oxygen atoms in total. The highest BCUT2D eigenvalue weighted by atomic mass is 32.2. The maximum Gasteiger partial charge on any atom is 0.263 e. The van der Waals surface area contributed by atoms with Gasteiger partial charge in [0.05, 0.1) is 22.0 Å². The number of sulfonamides is 1. The number of nitrogens with one attached hydrogen (secondary N) is 2. The van der Waals surface area contributed by atoms with Crippen LogP contribution in [0.1, 0.15) is 30.7 Å². The molecule has 0 spiro atoms. The van der Waals surface area contributed by atoms with Crippen LogP contribution in [-0.2, 0) is 14.8 Å². The summed E-state index contributed by atoms with van der Waals surface area (Å²) in [6.45, 7) is 2.16. The van der Waals surface area contributed by atoms with Crippen molar-refractivity contribution < 1.29 is 13.2 Å². The third-order valence-electron chi connectivity index (χ3n) is 5.66. The Morgan fingerprint density at radius 2 is 1.76 bits per heavy atom. The molecule has 1 aliphatic rings. The van der Waals surface area contributed by atoms with Crippen molar-refractivity contribution in [2.75, 3.05) is 21.5 Å². The minimum Gasteiger partial charge on any atom is -0.346 e. The summed E-state index contributed by atoms with van der Waals surface area (Å²) in [4.78, 5) is 24.2. The molecule has 0 radical (unpaired) electrons. The highest BCUT2D eigenvalue weighted by molar-refractivity contribution is 7.92. The Bertz CT molecular complexity index is 1440. The Hall–Kier alpha value is -3.50. The van der Waals surface area contributed by atoms with Gasteiger partial charge in [-0.25, -0.2) is 18.4 Å². The molecular formula is C24H23N5O3S2. The topological polar surface area (TPSA) is 104 Å². The average Bonchev–Trinajstić information content (AvgIpc) is 3.50. The third-order valence-corrected chi connectivity index (χ3v) is 7.99. The van der Waals surface area contributed by atoms with Crippen LogP contribution in [0.4, 0.5) is 17.3 Å². The second kappa shape index (κ2) is 9.03. The van der Waals surface area contributed by atoms with E-state index in [1.807, 2.05) is 35.7 Å². The number of amides is 1. The molecule has 2 aromatic carbocycles. The molecule has 4 aromatic rings. The van der Waals surface area contributed by atoms with E-state index in [0.29, 0.717) is 22.5 Å². The summed E-state index contributed by atoms with van der Waals surface area (Å²) in [5.74, 6) is 0.497. The van der Waals surface area contributed by atoms with Gasteiger partial charge in [0.15, 0.2) is 11.6 Å². The second-order valence-electron chi connectivity index (χ2n) is 8.06. The highest BCUT2D eigenvalue weighted by Gasteiger charge is 2.31. The van der Waals surface area contributed by atoms with Crippen molar-refractivity contribution in [1.29, 1.82) is 0 Å².